The van der Waals surface area contributed by atoms with E-state index in [4.69, 9.17) is 0 Å². The highest BCUT2D eigenvalue weighted by atomic mass is 32.2. The molecule has 2 rings (SSSR count). The number of hydrogen-bond acceptors (Lipinski definition) is 3. The van der Waals surface area contributed by atoms with Gasteiger partial charge in [-0.3, -0.25) is 0 Å². The second kappa shape index (κ2) is 3.95. The first kappa shape index (κ1) is 9.44. The minimum atomic E-state index is -0.263. The molecule has 13 heavy (non-hydrogen) atoms. The van der Waals surface area contributed by atoms with Gasteiger partial charge in [-0.05, 0) is 29.5 Å². The smallest absolute Gasteiger partial charge is 0.0883 e. The van der Waals surface area contributed by atoms with Crippen LogP contribution < -0.4 is 0 Å². The first-order valence-corrected chi connectivity index (χ1v) is 6.62. The van der Waals surface area contributed by atoms with E-state index in [0.717, 1.165) is 17.1 Å². The molecule has 1 aliphatic heterocycles. The highest BCUT2D eigenvalue weighted by Gasteiger charge is 2.17. The van der Waals surface area contributed by atoms with Crippen molar-refractivity contribution in [2.75, 3.05) is 12.0 Å². The molecule has 0 saturated heterocycles. The number of thioether (sulfide) groups is 2. The summed E-state index contributed by atoms with van der Waals surface area (Å²) in [6.07, 6.45) is 1.80. The lowest BCUT2D eigenvalue weighted by molar-refractivity contribution is 0.201. The third kappa shape index (κ3) is 1.87. The lowest BCUT2D eigenvalue weighted by Gasteiger charge is -2.21. The van der Waals surface area contributed by atoms with Crippen LogP contribution in [0.3, 0.4) is 0 Å². The molecule has 0 fully saturated rings. The average Bonchev–Trinajstić information content (AvgIpc) is 2.18. The number of benzene rings is 1. The maximum atomic E-state index is 9.75. The van der Waals surface area contributed by atoms with Crippen LogP contribution in [0.5, 0.6) is 0 Å². The van der Waals surface area contributed by atoms with Crippen molar-refractivity contribution in [3.63, 3.8) is 0 Å². The Balaban J connectivity index is 2.41. The predicted molar refractivity (Wildman–Crippen MR) is 59.3 cm³/mol. The second-order valence-electron chi connectivity index (χ2n) is 3.10. The van der Waals surface area contributed by atoms with Crippen molar-refractivity contribution < 1.29 is 5.11 Å². The molecule has 3 heteroatoms. The van der Waals surface area contributed by atoms with Crippen molar-refractivity contribution in [3.8, 4) is 0 Å². The SMILES string of the molecule is CSc1ccc2c(c1)[C@@H](O)CSC2. The first-order valence-electron chi connectivity index (χ1n) is 4.24. The third-order valence-corrected chi connectivity index (χ3v) is 4.04. The van der Waals surface area contributed by atoms with Crippen LogP contribution in [0.1, 0.15) is 17.2 Å². The molecule has 1 aromatic carbocycles. The van der Waals surface area contributed by atoms with E-state index in [9.17, 15) is 5.11 Å². The highest BCUT2D eigenvalue weighted by Crippen LogP contribution is 2.33. The molecule has 0 unspecified atom stereocenters. The lowest BCUT2D eigenvalue weighted by atomic mass is 10.0. The summed E-state index contributed by atoms with van der Waals surface area (Å²) in [5.41, 5.74) is 2.42. The minimum absolute atomic E-state index is 0.263. The van der Waals surface area contributed by atoms with E-state index in [1.54, 1.807) is 23.5 Å². The minimum Gasteiger partial charge on any atom is -0.388 e. The molecule has 1 N–H and O–H groups in total. The summed E-state index contributed by atoms with van der Waals surface area (Å²) < 4.78 is 0. The first-order chi connectivity index (χ1) is 6.31. The van der Waals surface area contributed by atoms with E-state index >= 15 is 0 Å². The van der Waals surface area contributed by atoms with E-state index in [1.807, 2.05) is 0 Å². The van der Waals surface area contributed by atoms with Crippen LogP contribution in [-0.2, 0) is 5.75 Å². The van der Waals surface area contributed by atoms with Crippen LogP contribution in [0.2, 0.25) is 0 Å². The quantitative estimate of drug-likeness (QED) is 0.723. The molecular weight excluding hydrogens is 200 g/mol. The molecule has 0 radical (unpaired) electrons. The number of fused-ring (bicyclic) bond motifs is 1. The second-order valence-corrected chi connectivity index (χ2v) is 5.01. The Kier molecular flexibility index (Phi) is 2.86. The Morgan fingerprint density at radius 3 is 3.15 bits per heavy atom. The van der Waals surface area contributed by atoms with Crippen LogP contribution in [0.25, 0.3) is 0 Å². The van der Waals surface area contributed by atoms with Gasteiger partial charge in [0.25, 0.3) is 0 Å². The van der Waals surface area contributed by atoms with Crippen LogP contribution in [-0.4, -0.2) is 17.1 Å². The van der Waals surface area contributed by atoms with Gasteiger partial charge in [-0.15, -0.1) is 11.8 Å². The fraction of sp³-hybridized carbons (Fsp3) is 0.400. The zero-order valence-electron chi connectivity index (χ0n) is 7.49. The normalized spacial score (nSPS) is 21.2. The standard InChI is InChI=1S/C10H12OS2/c1-12-8-3-2-7-5-13-6-10(11)9(7)4-8/h2-4,10-11H,5-6H2,1H3/t10-/m0/s1. The van der Waals surface area contributed by atoms with Gasteiger partial charge in [-0.2, -0.15) is 11.8 Å². The summed E-state index contributed by atoms with van der Waals surface area (Å²) >= 11 is 3.53. The van der Waals surface area contributed by atoms with Gasteiger partial charge in [0.1, 0.15) is 0 Å². The van der Waals surface area contributed by atoms with E-state index in [2.05, 4.69) is 24.5 Å². The van der Waals surface area contributed by atoms with Gasteiger partial charge in [-0.1, -0.05) is 6.07 Å². The molecule has 0 bridgehead atoms. The maximum absolute atomic E-state index is 9.75. The molecule has 1 heterocycles. The Morgan fingerprint density at radius 2 is 2.38 bits per heavy atom. The van der Waals surface area contributed by atoms with E-state index in [-0.39, 0.29) is 6.10 Å². The summed E-state index contributed by atoms with van der Waals surface area (Å²) in [6, 6.07) is 6.38. The predicted octanol–water partition coefficient (Wildman–Crippen LogP) is 2.69. The Bertz CT molecular complexity index is 312. The Hall–Kier alpha value is -0.120. The van der Waals surface area contributed by atoms with Gasteiger partial charge in [0, 0.05) is 16.4 Å². The molecule has 0 amide bonds. The van der Waals surface area contributed by atoms with Crippen molar-refractivity contribution in [1.29, 1.82) is 0 Å². The maximum Gasteiger partial charge on any atom is 0.0883 e. The van der Waals surface area contributed by atoms with Gasteiger partial charge >= 0.3 is 0 Å². The molecule has 0 aliphatic carbocycles. The van der Waals surface area contributed by atoms with Gasteiger partial charge in [0.05, 0.1) is 6.10 Å². The van der Waals surface area contributed by atoms with Crippen molar-refractivity contribution in [3.05, 3.63) is 29.3 Å². The Labute approximate surface area is 86.9 Å². The molecule has 0 saturated carbocycles. The number of hydrogen-bond donors (Lipinski definition) is 1. The van der Waals surface area contributed by atoms with Gasteiger partial charge < -0.3 is 5.11 Å². The monoisotopic (exact) mass is 212 g/mol. The van der Waals surface area contributed by atoms with Gasteiger partial charge in [-0.25, -0.2) is 0 Å². The fourth-order valence-corrected chi connectivity index (χ4v) is 2.96. The van der Waals surface area contributed by atoms with Crippen LogP contribution >= 0.6 is 23.5 Å². The third-order valence-electron chi connectivity index (χ3n) is 2.25. The average molecular weight is 212 g/mol. The van der Waals surface area contributed by atoms with Crippen molar-refractivity contribution in [2.45, 2.75) is 16.8 Å². The van der Waals surface area contributed by atoms with Gasteiger partial charge in [0.15, 0.2) is 0 Å². The molecular formula is C10H12OS2. The summed E-state index contributed by atoms with van der Waals surface area (Å²) in [5, 5.41) is 9.75. The van der Waals surface area contributed by atoms with Crippen molar-refractivity contribution >= 4 is 23.5 Å². The number of rotatable bonds is 1. The molecule has 70 valence electrons. The molecule has 1 atom stereocenters. The fourth-order valence-electron chi connectivity index (χ4n) is 1.51. The zero-order chi connectivity index (χ0) is 9.26. The Morgan fingerprint density at radius 1 is 1.54 bits per heavy atom. The molecule has 1 aromatic rings. The van der Waals surface area contributed by atoms with Crippen molar-refractivity contribution in [2.24, 2.45) is 0 Å². The van der Waals surface area contributed by atoms with Crippen LogP contribution in [0.4, 0.5) is 0 Å². The summed E-state index contributed by atoms with van der Waals surface area (Å²) in [7, 11) is 0. The summed E-state index contributed by atoms with van der Waals surface area (Å²) in [5.74, 6) is 1.88. The largest absolute Gasteiger partial charge is 0.388 e. The summed E-state index contributed by atoms with van der Waals surface area (Å²) in [6.45, 7) is 0. The van der Waals surface area contributed by atoms with Crippen LogP contribution in [0.15, 0.2) is 23.1 Å². The topological polar surface area (TPSA) is 20.2 Å². The van der Waals surface area contributed by atoms with Crippen LogP contribution in [0, 0.1) is 0 Å². The van der Waals surface area contributed by atoms with E-state index in [0.29, 0.717) is 0 Å². The van der Waals surface area contributed by atoms with E-state index < -0.39 is 0 Å². The molecule has 1 aliphatic rings. The number of aliphatic hydroxyl groups is 1. The molecule has 0 spiro atoms. The molecule has 1 nitrogen and oxygen atoms in total. The summed E-state index contributed by atoms with van der Waals surface area (Å²) in [4.78, 5) is 1.24. The highest BCUT2D eigenvalue weighted by molar-refractivity contribution is 7.98. The van der Waals surface area contributed by atoms with Crippen molar-refractivity contribution in [1.82, 2.24) is 0 Å². The van der Waals surface area contributed by atoms with E-state index in [1.165, 1.54) is 10.5 Å². The zero-order valence-corrected chi connectivity index (χ0v) is 9.12. The molecule has 0 aromatic heterocycles. The lowest BCUT2D eigenvalue weighted by Crippen LogP contribution is -2.09. The van der Waals surface area contributed by atoms with Gasteiger partial charge in [0.2, 0.25) is 0 Å². The number of aliphatic hydroxyl groups excluding tert-OH is 1.